The van der Waals surface area contributed by atoms with Crippen molar-refractivity contribution < 1.29 is 9.90 Å². The molecule has 4 nitrogen and oxygen atoms in total. The van der Waals surface area contributed by atoms with E-state index in [0.717, 1.165) is 35.8 Å². The number of hydrogen-bond acceptors (Lipinski definition) is 3. The molecule has 0 aliphatic heterocycles. The van der Waals surface area contributed by atoms with Gasteiger partial charge in [-0.2, -0.15) is 0 Å². The number of amides is 2. The van der Waals surface area contributed by atoms with Gasteiger partial charge < -0.3 is 15.7 Å². The maximum Gasteiger partial charge on any atom is 0.319 e. The molecule has 1 aromatic rings. The molecule has 2 rings (SSSR count). The zero-order chi connectivity index (χ0) is 13.7. The van der Waals surface area contributed by atoms with Crippen molar-refractivity contribution >= 4 is 39.0 Å². The molecule has 0 aromatic carbocycles. The Kier molecular flexibility index (Phi) is 5.66. The molecule has 19 heavy (non-hydrogen) atoms. The first-order chi connectivity index (χ1) is 9.16. The second-order valence-electron chi connectivity index (χ2n) is 4.91. The average Bonchev–Trinajstić information content (AvgIpc) is 2.77. The molecule has 106 valence electrons. The summed E-state index contributed by atoms with van der Waals surface area (Å²) in [4.78, 5) is 11.7. The summed E-state index contributed by atoms with van der Waals surface area (Å²) in [5, 5.41) is 19.3. The van der Waals surface area contributed by atoms with E-state index in [4.69, 9.17) is 0 Å². The Bertz CT molecular complexity index is 425. The van der Waals surface area contributed by atoms with Gasteiger partial charge in [0.2, 0.25) is 0 Å². The standard InChI is InChI=1S/C13H19BrN2O2S/c14-10-7-19-8-11(10)16-13(18)15-6-5-9-3-1-2-4-12(9)17/h7-9,12,17H,1-6H2,(H2,15,16,18)/t9-,12-/m1/s1. The fourth-order valence-electron chi connectivity index (χ4n) is 2.43. The van der Waals surface area contributed by atoms with Crippen LogP contribution in [0.5, 0.6) is 0 Å². The maximum atomic E-state index is 11.7. The Labute approximate surface area is 125 Å². The van der Waals surface area contributed by atoms with Crippen molar-refractivity contribution in [3.8, 4) is 0 Å². The third-order valence-corrected chi connectivity index (χ3v) is 5.24. The Morgan fingerprint density at radius 3 is 2.89 bits per heavy atom. The predicted molar refractivity (Wildman–Crippen MR) is 81.6 cm³/mol. The van der Waals surface area contributed by atoms with Crippen molar-refractivity contribution in [2.45, 2.75) is 38.2 Å². The molecule has 2 atom stereocenters. The van der Waals surface area contributed by atoms with Gasteiger partial charge in [-0.25, -0.2) is 4.79 Å². The molecule has 0 spiro atoms. The molecule has 2 amide bonds. The summed E-state index contributed by atoms with van der Waals surface area (Å²) < 4.78 is 0.898. The summed E-state index contributed by atoms with van der Waals surface area (Å²) in [6, 6.07) is -0.190. The largest absolute Gasteiger partial charge is 0.393 e. The van der Waals surface area contributed by atoms with Crippen LogP contribution < -0.4 is 10.6 Å². The number of thiophene rings is 1. The lowest BCUT2D eigenvalue weighted by atomic mass is 9.84. The third-order valence-electron chi connectivity index (χ3n) is 3.53. The highest BCUT2D eigenvalue weighted by Gasteiger charge is 2.22. The van der Waals surface area contributed by atoms with Gasteiger partial charge in [0, 0.05) is 17.3 Å². The minimum atomic E-state index is -0.190. The van der Waals surface area contributed by atoms with Gasteiger partial charge in [-0.1, -0.05) is 12.8 Å². The first-order valence-corrected chi connectivity index (χ1v) is 8.35. The predicted octanol–water partition coefficient (Wildman–Crippen LogP) is 3.57. The normalized spacial score (nSPS) is 23.1. The van der Waals surface area contributed by atoms with Gasteiger partial charge in [0.1, 0.15) is 0 Å². The Hall–Kier alpha value is -0.590. The molecular weight excluding hydrogens is 328 g/mol. The van der Waals surface area contributed by atoms with Crippen LogP contribution in [0, 0.1) is 5.92 Å². The van der Waals surface area contributed by atoms with Crippen LogP contribution in [-0.4, -0.2) is 23.8 Å². The number of rotatable bonds is 4. The molecule has 1 aliphatic carbocycles. The van der Waals surface area contributed by atoms with Gasteiger partial charge in [-0.3, -0.25) is 0 Å². The molecule has 1 heterocycles. The number of carbonyl (C=O) groups is 1. The summed E-state index contributed by atoms with van der Waals surface area (Å²) in [6.07, 6.45) is 4.94. The van der Waals surface area contributed by atoms with Crippen LogP contribution >= 0.6 is 27.3 Å². The highest BCUT2D eigenvalue weighted by molar-refractivity contribution is 9.10. The number of halogens is 1. The lowest BCUT2D eigenvalue weighted by Crippen LogP contribution is -2.33. The van der Waals surface area contributed by atoms with Crippen molar-refractivity contribution in [3.05, 3.63) is 15.2 Å². The second kappa shape index (κ2) is 7.26. The van der Waals surface area contributed by atoms with Crippen LogP contribution in [0.1, 0.15) is 32.1 Å². The Morgan fingerprint density at radius 2 is 2.21 bits per heavy atom. The monoisotopic (exact) mass is 346 g/mol. The second-order valence-corrected chi connectivity index (χ2v) is 6.51. The van der Waals surface area contributed by atoms with Crippen molar-refractivity contribution in [2.75, 3.05) is 11.9 Å². The molecule has 0 bridgehead atoms. The first kappa shape index (κ1) is 14.8. The summed E-state index contributed by atoms with van der Waals surface area (Å²) in [5.74, 6) is 0.335. The van der Waals surface area contributed by atoms with Gasteiger partial charge in [0.15, 0.2) is 0 Å². The molecule has 1 aliphatic rings. The number of anilines is 1. The zero-order valence-corrected chi connectivity index (χ0v) is 13.1. The minimum absolute atomic E-state index is 0.190. The summed E-state index contributed by atoms with van der Waals surface area (Å²) in [6.45, 7) is 0.606. The van der Waals surface area contributed by atoms with Crippen LogP contribution in [0.4, 0.5) is 10.5 Å². The Morgan fingerprint density at radius 1 is 1.42 bits per heavy atom. The van der Waals surface area contributed by atoms with Gasteiger partial charge >= 0.3 is 6.03 Å². The van der Waals surface area contributed by atoms with Crippen molar-refractivity contribution in [1.29, 1.82) is 0 Å². The first-order valence-electron chi connectivity index (χ1n) is 6.61. The average molecular weight is 347 g/mol. The summed E-state index contributed by atoms with van der Waals surface area (Å²) in [7, 11) is 0. The van der Waals surface area contributed by atoms with E-state index in [2.05, 4.69) is 26.6 Å². The van der Waals surface area contributed by atoms with Crippen LogP contribution in [0.15, 0.2) is 15.2 Å². The fourth-order valence-corrected chi connectivity index (χ4v) is 3.76. The topological polar surface area (TPSA) is 61.4 Å². The van der Waals surface area contributed by atoms with Crippen LogP contribution in [0.3, 0.4) is 0 Å². The van der Waals surface area contributed by atoms with Gasteiger partial charge in [-0.15, -0.1) is 11.3 Å². The molecule has 6 heteroatoms. The van der Waals surface area contributed by atoms with Crippen LogP contribution in [0.2, 0.25) is 0 Å². The molecule has 0 saturated heterocycles. The number of urea groups is 1. The smallest absolute Gasteiger partial charge is 0.319 e. The lowest BCUT2D eigenvalue weighted by Gasteiger charge is -2.27. The maximum absolute atomic E-state index is 11.7. The minimum Gasteiger partial charge on any atom is -0.393 e. The number of nitrogens with one attached hydrogen (secondary N) is 2. The molecule has 1 saturated carbocycles. The Balaban J connectivity index is 1.68. The van der Waals surface area contributed by atoms with E-state index in [1.54, 1.807) is 0 Å². The highest BCUT2D eigenvalue weighted by Crippen LogP contribution is 2.27. The molecule has 1 aromatic heterocycles. The summed E-state index contributed by atoms with van der Waals surface area (Å²) in [5.41, 5.74) is 0.792. The van der Waals surface area contributed by atoms with E-state index in [0.29, 0.717) is 12.5 Å². The van der Waals surface area contributed by atoms with Crippen molar-refractivity contribution in [2.24, 2.45) is 5.92 Å². The SMILES string of the molecule is O=C(NCC[C@H]1CCCC[C@H]1O)Nc1cscc1Br. The van der Waals surface area contributed by atoms with E-state index in [9.17, 15) is 9.90 Å². The van der Waals surface area contributed by atoms with E-state index in [1.807, 2.05) is 10.8 Å². The molecular formula is C13H19BrN2O2S. The van der Waals surface area contributed by atoms with Crippen LogP contribution in [-0.2, 0) is 0 Å². The van der Waals surface area contributed by atoms with E-state index >= 15 is 0 Å². The number of carbonyl (C=O) groups excluding carboxylic acids is 1. The van der Waals surface area contributed by atoms with E-state index < -0.39 is 0 Å². The number of aliphatic hydroxyl groups excluding tert-OH is 1. The fraction of sp³-hybridized carbons (Fsp3) is 0.615. The van der Waals surface area contributed by atoms with E-state index in [-0.39, 0.29) is 12.1 Å². The van der Waals surface area contributed by atoms with Gasteiger partial charge in [0.25, 0.3) is 0 Å². The van der Waals surface area contributed by atoms with E-state index in [1.165, 1.54) is 17.8 Å². The molecule has 0 unspecified atom stereocenters. The number of aliphatic hydroxyl groups is 1. The highest BCUT2D eigenvalue weighted by atomic mass is 79.9. The van der Waals surface area contributed by atoms with Gasteiger partial charge in [0.05, 0.1) is 16.3 Å². The quantitative estimate of drug-likeness (QED) is 0.780. The zero-order valence-electron chi connectivity index (χ0n) is 10.7. The molecule has 1 fully saturated rings. The lowest BCUT2D eigenvalue weighted by molar-refractivity contribution is 0.0658. The van der Waals surface area contributed by atoms with Crippen molar-refractivity contribution in [1.82, 2.24) is 5.32 Å². The third kappa shape index (κ3) is 4.47. The van der Waals surface area contributed by atoms with Crippen molar-refractivity contribution in [3.63, 3.8) is 0 Å². The molecule has 0 radical (unpaired) electrons. The van der Waals surface area contributed by atoms with Crippen LogP contribution in [0.25, 0.3) is 0 Å². The number of hydrogen-bond donors (Lipinski definition) is 3. The van der Waals surface area contributed by atoms with Gasteiger partial charge in [-0.05, 0) is 41.1 Å². The summed E-state index contributed by atoms with van der Waals surface area (Å²) >= 11 is 4.90. The molecule has 3 N–H and O–H groups in total.